The molecule has 0 N–H and O–H groups in total. The summed E-state index contributed by atoms with van der Waals surface area (Å²) in [6.45, 7) is 0. The number of halogens is 5. The number of hydrogen-bond acceptors (Lipinski definition) is 1. The van der Waals surface area contributed by atoms with Crippen molar-refractivity contribution in [2.45, 2.75) is 11.8 Å². The molecule has 0 fully saturated rings. The van der Waals surface area contributed by atoms with Gasteiger partial charge in [-0.15, -0.1) is 0 Å². The van der Waals surface area contributed by atoms with E-state index in [1.807, 2.05) is 0 Å². The minimum absolute atomic E-state index is 0.257. The van der Waals surface area contributed by atoms with E-state index >= 15 is 0 Å². The fraction of sp³-hybridized carbons (Fsp3) is 0.286. The first-order valence-electron chi connectivity index (χ1n) is 3.25. The summed E-state index contributed by atoms with van der Waals surface area (Å²) in [5.74, 6) is -1.15. The quantitative estimate of drug-likeness (QED) is 0.592. The fourth-order valence-corrected chi connectivity index (χ4v) is 1.30. The van der Waals surface area contributed by atoms with Gasteiger partial charge in [0.2, 0.25) is 0 Å². The topological polar surface area (TPSA) is 12.9 Å². The lowest BCUT2D eigenvalue weighted by Crippen LogP contribution is -1.97. The molecule has 1 rings (SSSR count). The predicted octanol–water partition coefficient (Wildman–Crippen LogP) is 3.71. The SMILES string of the molecule is Fc1c(C(F)F)cc(CBr)nc1Cl. The maximum Gasteiger partial charge on any atom is 0.266 e. The first-order valence-corrected chi connectivity index (χ1v) is 4.75. The molecule has 13 heavy (non-hydrogen) atoms. The maximum absolute atomic E-state index is 12.9. The van der Waals surface area contributed by atoms with Crippen molar-refractivity contribution in [2.24, 2.45) is 0 Å². The van der Waals surface area contributed by atoms with Gasteiger partial charge in [-0.3, -0.25) is 0 Å². The molecule has 0 amide bonds. The summed E-state index contributed by atoms with van der Waals surface area (Å²) in [6.07, 6.45) is -2.88. The van der Waals surface area contributed by atoms with Gasteiger partial charge < -0.3 is 0 Å². The van der Waals surface area contributed by atoms with Crippen molar-refractivity contribution in [3.63, 3.8) is 0 Å². The highest BCUT2D eigenvalue weighted by molar-refractivity contribution is 9.08. The first-order chi connectivity index (χ1) is 6.06. The Kier molecular flexibility index (Phi) is 3.55. The summed E-state index contributed by atoms with van der Waals surface area (Å²) in [4.78, 5) is 3.54. The van der Waals surface area contributed by atoms with Crippen LogP contribution in [0.1, 0.15) is 17.7 Å². The minimum Gasteiger partial charge on any atom is -0.237 e. The monoisotopic (exact) mass is 273 g/mol. The van der Waals surface area contributed by atoms with Gasteiger partial charge in [0, 0.05) is 5.33 Å². The third-order valence-corrected chi connectivity index (χ3v) is 2.20. The highest BCUT2D eigenvalue weighted by atomic mass is 79.9. The highest BCUT2D eigenvalue weighted by Gasteiger charge is 2.18. The van der Waals surface area contributed by atoms with Gasteiger partial charge in [0.1, 0.15) is 0 Å². The number of aromatic nitrogens is 1. The molecule has 0 radical (unpaired) electrons. The van der Waals surface area contributed by atoms with Crippen LogP contribution < -0.4 is 0 Å². The van der Waals surface area contributed by atoms with Crippen molar-refractivity contribution in [3.05, 3.63) is 28.3 Å². The zero-order valence-corrected chi connectivity index (χ0v) is 8.54. The lowest BCUT2D eigenvalue weighted by molar-refractivity contribution is 0.146. The van der Waals surface area contributed by atoms with E-state index in [4.69, 9.17) is 11.6 Å². The molecule has 0 aromatic carbocycles. The second-order valence-electron chi connectivity index (χ2n) is 2.24. The smallest absolute Gasteiger partial charge is 0.237 e. The number of alkyl halides is 3. The van der Waals surface area contributed by atoms with Crippen LogP contribution in [0.2, 0.25) is 5.15 Å². The second-order valence-corrected chi connectivity index (χ2v) is 3.16. The maximum atomic E-state index is 12.9. The van der Waals surface area contributed by atoms with Crippen molar-refractivity contribution in [1.29, 1.82) is 0 Å². The predicted molar refractivity (Wildman–Crippen MR) is 46.8 cm³/mol. The standard InChI is InChI=1S/C7H4BrClF3N/c8-2-3-1-4(7(11)12)5(10)6(9)13-3/h1,7H,2H2. The van der Waals surface area contributed by atoms with Crippen LogP contribution in [-0.2, 0) is 5.33 Å². The molecular weight excluding hydrogens is 270 g/mol. The zero-order valence-electron chi connectivity index (χ0n) is 6.20. The summed E-state index contributed by atoms with van der Waals surface area (Å²) in [5, 5.41) is -0.264. The molecule has 0 saturated heterocycles. The Balaban J connectivity index is 3.25. The highest BCUT2D eigenvalue weighted by Crippen LogP contribution is 2.26. The number of rotatable bonds is 2. The van der Waals surface area contributed by atoms with E-state index < -0.39 is 23.0 Å². The Hall–Kier alpha value is -0.290. The van der Waals surface area contributed by atoms with Gasteiger partial charge in [0.15, 0.2) is 11.0 Å². The van der Waals surface area contributed by atoms with Crippen molar-refractivity contribution >= 4 is 27.5 Å². The van der Waals surface area contributed by atoms with Crippen molar-refractivity contribution < 1.29 is 13.2 Å². The molecule has 0 bridgehead atoms. The second kappa shape index (κ2) is 4.28. The summed E-state index contributed by atoms with van der Waals surface area (Å²) in [6, 6.07) is 0.987. The lowest BCUT2D eigenvalue weighted by Gasteiger charge is -2.04. The molecule has 0 aliphatic carbocycles. The molecule has 1 aromatic rings. The fourth-order valence-electron chi connectivity index (χ4n) is 0.797. The Morgan fingerprint density at radius 2 is 2.15 bits per heavy atom. The van der Waals surface area contributed by atoms with Crippen molar-refractivity contribution in [1.82, 2.24) is 4.98 Å². The van der Waals surface area contributed by atoms with Gasteiger partial charge >= 0.3 is 0 Å². The van der Waals surface area contributed by atoms with Gasteiger partial charge in [0.25, 0.3) is 6.43 Å². The molecule has 72 valence electrons. The van der Waals surface area contributed by atoms with Gasteiger partial charge in [-0.05, 0) is 6.07 Å². The van der Waals surface area contributed by atoms with Crippen LogP contribution in [0.4, 0.5) is 13.2 Å². The molecule has 0 saturated carbocycles. The van der Waals surface area contributed by atoms with Gasteiger partial charge in [-0.25, -0.2) is 18.2 Å². The summed E-state index contributed by atoms with van der Waals surface area (Å²) < 4.78 is 37.2. The minimum atomic E-state index is -2.88. The van der Waals surface area contributed by atoms with Crippen LogP contribution in [0.15, 0.2) is 6.07 Å². The summed E-state index contributed by atoms with van der Waals surface area (Å²) in [5.41, 5.74) is -0.434. The molecule has 6 heteroatoms. The Morgan fingerprint density at radius 3 is 2.62 bits per heavy atom. The average molecular weight is 274 g/mol. The molecular formula is C7H4BrClF3N. The van der Waals surface area contributed by atoms with Crippen molar-refractivity contribution in [2.75, 3.05) is 0 Å². The van der Waals surface area contributed by atoms with E-state index in [1.54, 1.807) is 0 Å². The van der Waals surface area contributed by atoms with E-state index in [-0.39, 0.29) is 11.0 Å². The van der Waals surface area contributed by atoms with E-state index in [0.717, 1.165) is 6.07 Å². The molecule has 0 aliphatic rings. The van der Waals surface area contributed by atoms with Crippen LogP contribution >= 0.6 is 27.5 Å². The van der Waals surface area contributed by atoms with Crippen LogP contribution in [-0.4, -0.2) is 4.98 Å². The van der Waals surface area contributed by atoms with Crippen LogP contribution in [0.25, 0.3) is 0 Å². The summed E-state index contributed by atoms with van der Waals surface area (Å²) >= 11 is 8.31. The lowest BCUT2D eigenvalue weighted by atomic mass is 10.2. The Labute approximate surface area is 86.0 Å². The third-order valence-electron chi connectivity index (χ3n) is 1.37. The molecule has 0 unspecified atom stereocenters. The van der Waals surface area contributed by atoms with E-state index in [0.29, 0.717) is 0 Å². The third kappa shape index (κ3) is 2.34. The molecule has 1 heterocycles. The number of nitrogens with zero attached hydrogens (tertiary/aromatic N) is 1. The van der Waals surface area contributed by atoms with E-state index in [1.165, 1.54) is 0 Å². The van der Waals surface area contributed by atoms with Gasteiger partial charge in [0.05, 0.1) is 11.3 Å². The number of hydrogen-bond donors (Lipinski definition) is 0. The van der Waals surface area contributed by atoms with E-state index in [9.17, 15) is 13.2 Å². The number of pyridine rings is 1. The van der Waals surface area contributed by atoms with Gasteiger partial charge in [-0.1, -0.05) is 27.5 Å². The van der Waals surface area contributed by atoms with Crippen molar-refractivity contribution in [3.8, 4) is 0 Å². The zero-order chi connectivity index (χ0) is 10.0. The Bertz CT molecular complexity index is 319. The molecule has 1 nitrogen and oxygen atoms in total. The van der Waals surface area contributed by atoms with E-state index in [2.05, 4.69) is 20.9 Å². The average Bonchev–Trinajstić information content (AvgIpc) is 2.09. The Morgan fingerprint density at radius 1 is 1.54 bits per heavy atom. The molecule has 1 aromatic heterocycles. The molecule has 0 atom stereocenters. The molecule has 0 spiro atoms. The first kappa shape index (κ1) is 10.8. The van der Waals surface area contributed by atoms with Crippen LogP contribution in [0.3, 0.4) is 0 Å². The van der Waals surface area contributed by atoms with Crippen LogP contribution in [0, 0.1) is 5.82 Å². The molecule has 0 aliphatic heterocycles. The summed E-state index contributed by atoms with van der Waals surface area (Å²) in [7, 11) is 0. The van der Waals surface area contributed by atoms with Gasteiger partial charge in [-0.2, -0.15) is 0 Å². The normalized spacial score (nSPS) is 10.9. The largest absolute Gasteiger partial charge is 0.266 e. The van der Waals surface area contributed by atoms with Crippen LogP contribution in [0.5, 0.6) is 0 Å².